The van der Waals surface area contributed by atoms with Crippen LogP contribution in [0.5, 0.6) is 5.75 Å². The fourth-order valence-corrected chi connectivity index (χ4v) is 6.43. The Morgan fingerprint density at radius 2 is 1.78 bits per heavy atom. The van der Waals surface area contributed by atoms with Crippen LogP contribution in [0.3, 0.4) is 0 Å². The number of nitrogens with zero attached hydrogens (tertiary/aromatic N) is 2. The molecule has 0 aromatic heterocycles. The van der Waals surface area contributed by atoms with Crippen molar-refractivity contribution in [2.45, 2.75) is 70.0 Å². The fourth-order valence-electron chi connectivity index (χ4n) is 4.23. The Hall–Kier alpha value is -1.37. The Morgan fingerprint density at radius 1 is 1.16 bits per heavy atom. The first kappa shape index (κ1) is 31.8. The molecule has 12 heteroatoms. The number of ether oxygens (including phenoxy) is 3. The first-order valence-electron chi connectivity index (χ1n) is 12.4. The van der Waals surface area contributed by atoms with Crippen LogP contribution in [0.15, 0.2) is 24.3 Å². The molecule has 0 spiro atoms. The summed E-state index contributed by atoms with van der Waals surface area (Å²) in [5.41, 5.74) is 0.807. The van der Waals surface area contributed by atoms with Crippen molar-refractivity contribution in [1.82, 2.24) is 9.21 Å². The predicted molar refractivity (Wildman–Crippen MR) is 148 cm³/mol. The molecule has 0 unspecified atom stereocenters. The van der Waals surface area contributed by atoms with Gasteiger partial charge in [0.1, 0.15) is 12.4 Å². The number of rotatable bonds is 12. The van der Waals surface area contributed by atoms with Crippen LogP contribution >= 0.6 is 11.6 Å². The third-order valence-electron chi connectivity index (χ3n) is 7.30. The monoisotopic (exact) mass is 578 g/mol. The highest BCUT2D eigenvalue weighted by atomic mass is 35.5. The van der Waals surface area contributed by atoms with Crippen LogP contribution in [0.2, 0.25) is 18.1 Å². The van der Waals surface area contributed by atoms with Gasteiger partial charge in [0, 0.05) is 19.7 Å². The Kier molecular flexibility index (Phi) is 11.3. The number of alkyl halides is 1. The van der Waals surface area contributed by atoms with Crippen LogP contribution < -0.4 is 4.74 Å². The molecule has 1 aliphatic rings. The molecule has 2 rings (SSSR count). The molecule has 1 heterocycles. The Bertz CT molecular complexity index is 986. The van der Waals surface area contributed by atoms with E-state index in [2.05, 4.69) is 33.9 Å². The van der Waals surface area contributed by atoms with E-state index in [1.165, 1.54) is 10.6 Å². The summed E-state index contributed by atoms with van der Waals surface area (Å²) in [6, 6.07) is 5.79. The summed E-state index contributed by atoms with van der Waals surface area (Å²) < 4.78 is 50.4. The number of hydrogen-bond acceptors (Lipinski definition) is 7. The van der Waals surface area contributed by atoms with E-state index in [0.29, 0.717) is 12.2 Å². The molecule has 0 saturated carbocycles. The normalized spacial score (nSPS) is 20.9. The molecule has 3 atom stereocenters. The number of halogens is 1. The average Bonchev–Trinajstić information content (AvgIpc) is 3.16. The van der Waals surface area contributed by atoms with Gasteiger partial charge in [-0.15, -0.1) is 11.6 Å². The zero-order chi connectivity index (χ0) is 28.0. The summed E-state index contributed by atoms with van der Waals surface area (Å²) in [7, 11) is -2.74. The van der Waals surface area contributed by atoms with E-state index >= 15 is 0 Å². The maximum absolute atomic E-state index is 13.2. The van der Waals surface area contributed by atoms with Crippen molar-refractivity contribution in [3.8, 4) is 5.75 Å². The Morgan fingerprint density at radius 3 is 2.27 bits per heavy atom. The van der Waals surface area contributed by atoms with Crippen molar-refractivity contribution >= 4 is 36.0 Å². The lowest BCUT2D eigenvalue weighted by Gasteiger charge is -2.40. The second kappa shape index (κ2) is 13.1. The molecule has 212 valence electrons. The lowest BCUT2D eigenvalue weighted by molar-refractivity contribution is 0.0478. The second-order valence-electron chi connectivity index (χ2n) is 10.9. The third-order valence-corrected chi connectivity index (χ3v) is 13.2. The lowest BCUT2D eigenvalue weighted by Crippen LogP contribution is -2.54. The molecule has 1 aliphatic heterocycles. The number of methoxy groups -OCH3 is 2. The number of likely N-dealkylation sites (tertiary alicyclic amines) is 1. The van der Waals surface area contributed by atoms with E-state index in [1.54, 1.807) is 31.3 Å². The third kappa shape index (κ3) is 8.30. The number of amides is 1. The van der Waals surface area contributed by atoms with Gasteiger partial charge in [0.05, 0.1) is 44.5 Å². The number of carbonyl (C=O) groups is 1. The zero-order valence-corrected chi connectivity index (χ0v) is 25.9. The second-order valence-corrected chi connectivity index (χ2v) is 18.0. The largest absolute Gasteiger partial charge is 0.497 e. The molecular formula is C25H43ClN2O7SSi. The zero-order valence-electron chi connectivity index (χ0n) is 23.3. The fraction of sp³-hybridized carbons (Fsp3) is 0.720. The summed E-state index contributed by atoms with van der Waals surface area (Å²) in [4.78, 5) is 14.8. The molecule has 9 nitrogen and oxygen atoms in total. The first-order valence-corrected chi connectivity index (χ1v) is 17.7. The van der Waals surface area contributed by atoms with E-state index < -0.39 is 36.5 Å². The van der Waals surface area contributed by atoms with E-state index in [9.17, 15) is 13.2 Å². The maximum Gasteiger partial charge on any atom is 0.410 e. The minimum Gasteiger partial charge on any atom is -0.497 e. The van der Waals surface area contributed by atoms with Crippen LogP contribution in [0.25, 0.3) is 0 Å². The highest BCUT2D eigenvalue weighted by Crippen LogP contribution is 2.39. The van der Waals surface area contributed by atoms with Gasteiger partial charge in [-0.25, -0.2) is 13.2 Å². The smallest absolute Gasteiger partial charge is 0.410 e. The number of carbonyl (C=O) groups excluding carboxylic acids is 1. The quantitative estimate of drug-likeness (QED) is 0.269. The lowest BCUT2D eigenvalue weighted by atomic mass is 10.1. The molecular weight excluding hydrogens is 536 g/mol. The van der Waals surface area contributed by atoms with E-state index in [4.69, 9.17) is 30.2 Å². The van der Waals surface area contributed by atoms with Gasteiger partial charge in [0.25, 0.3) is 0 Å². The van der Waals surface area contributed by atoms with Crippen molar-refractivity contribution in [3.63, 3.8) is 0 Å². The highest BCUT2D eigenvalue weighted by Gasteiger charge is 2.50. The van der Waals surface area contributed by atoms with Crippen LogP contribution in [0.4, 0.5) is 4.79 Å². The van der Waals surface area contributed by atoms with Crippen molar-refractivity contribution in [1.29, 1.82) is 0 Å². The molecule has 0 radical (unpaired) electrons. The van der Waals surface area contributed by atoms with Crippen LogP contribution in [0, 0.1) is 0 Å². The van der Waals surface area contributed by atoms with Gasteiger partial charge < -0.3 is 18.6 Å². The summed E-state index contributed by atoms with van der Waals surface area (Å²) in [6.07, 6.45) is 1.03. The van der Waals surface area contributed by atoms with E-state index in [0.717, 1.165) is 5.56 Å². The minimum atomic E-state index is -3.66. The van der Waals surface area contributed by atoms with Crippen LogP contribution in [-0.2, 0) is 30.5 Å². The Labute approximate surface area is 228 Å². The maximum atomic E-state index is 13.2. The average molecular weight is 579 g/mol. The van der Waals surface area contributed by atoms with Gasteiger partial charge >= 0.3 is 6.09 Å². The molecule has 0 aliphatic carbocycles. The van der Waals surface area contributed by atoms with Gasteiger partial charge in [-0.2, -0.15) is 4.31 Å². The molecule has 0 bridgehead atoms. The molecule has 1 aromatic carbocycles. The van der Waals surface area contributed by atoms with Gasteiger partial charge in [0.2, 0.25) is 10.0 Å². The van der Waals surface area contributed by atoms with Crippen LogP contribution in [-0.4, -0.2) is 96.3 Å². The standard InChI is InChI=1S/C25H43ClN2O7SSi/c1-25(2,3)37(7,8)35-18-23-22(15-20(17-32-4)28(23)24(29)34-14-13-26)27(36(6,30)31)16-19-9-11-21(33-5)12-10-19/h9-12,20,22-23H,13-18H2,1-8H3/t20-,22-,23-/m0/s1. The number of benzene rings is 1. The van der Waals surface area contributed by atoms with Crippen molar-refractivity contribution < 1.29 is 31.8 Å². The summed E-state index contributed by atoms with van der Waals surface area (Å²) in [6.45, 7) is 11.3. The van der Waals surface area contributed by atoms with Gasteiger partial charge in [-0.3, -0.25) is 4.90 Å². The van der Waals surface area contributed by atoms with Gasteiger partial charge in [-0.05, 0) is 42.2 Å². The number of hydrogen-bond donors (Lipinski definition) is 0. The first-order chi connectivity index (χ1) is 17.2. The summed E-state index contributed by atoms with van der Waals surface area (Å²) in [5.74, 6) is 0.847. The number of sulfonamides is 1. The molecule has 0 N–H and O–H groups in total. The minimum absolute atomic E-state index is 0.0543. The predicted octanol–water partition coefficient (Wildman–Crippen LogP) is 4.31. The van der Waals surface area contributed by atoms with Crippen molar-refractivity contribution in [3.05, 3.63) is 29.8 Å². The Balaban J connectivity index is 2.50. The van der Waals surface area contributed by atoms with Crippen molar-refractivity contribution in [2.75, 3.05) is 46.2 Å². The molecule has 1 aromatic rings. The summed E-state index contributed by atoms with van der Waals surface area (Å²) in [5, 5.41) is -0.0589. The van der Waals surface area contributed by atoms with Crippen LogP contribution in [0.1, 0.15) is 32.8 Å². The molecule has 37 heavy (non-hydrogen) atoms. The SMILES string of the molecule is COC[C@@H]1C[C@H](N(Cc2ccc(OC)cc2)S(C)(=O)=O)[C@H](CO[Si](C)(C)C(C)(C)C)N1C(=O)OCCCl. The molecule has 1 saturated heterocycles. The molecule has 1 amide bonds. The van der Waals surface area contributed by atoms with Gasteiger partial charge in [-0.1, -0.05) is 32.9 Å². The topological polar surface area (TPSA) is 94.6 Å². The van der Waals surface area contributed by atoms with Crippen molar-refractivity contribution in [2.24, 2.45) is 0 Å². The highest BCUT2D eigenvalue weighted by molar-refractivity contribution is 7.88. The van der Waals surface area contributed by atoms with Gasteiger partial charge in [0.15, 0.2) is 8.32 Å². The summed E-state index contributed by atoms with van der Waals surface area (Å²) >= 11 is 5.77. The van der Waals surface area contributed by atoms with E-state index in [1.807, 2.05) is 12.1 Å². The molecule has 1 fully saturated rings. The van der Waals surface area contributed by atoms with E-state index in [-0.39, 0.29) is 43.3 Å².